The van der Waals surface area contributed by atoms with Crippen molar-refractivity contribution in [3.8, 4) is 0 Å². The molecule has 4 atom stereocenters. The summed E-state index contributed by atoms with van der Waals surface area (Å²) in [5.41, 5.74) is 4.15. The number of likely N-dealkylation sites (tertiary alicyclic amines) is 1. The monoisotopic (exact) mass is 691 g/mol. The number of hydrogen-bond acceptors (Lipinski definition) is 5. The number of carbonyl (C=O) groups is 2. The Balaban J connectivity index is 1.40. The average molecular weight is 692 g/mol. The maximum absolute atomic E-state index is 13.8. The van der Waals surface area contributed by atoms with E-state index in [1.807, 2.05) is 55.6 Å². The van der Waals surface area contributed by atoms with Crippen LogP contribution in [0.5, 0.6) is 0 Å². The number of carbonyl (C=O) groups excluding carboxylic acids is 2. The molecule has 5 rings (SSSR count). The Morgan fingerprint density at radius 2 is 1.32 bits per heavy atom. The number of amides is 2. The second-order valence-electron chi connectivity index (χ2n) is 14.3. The summed E-state index contributed by atoms with van der Waals surface area (Å²) in [6.45, 7) is 11.5. The first-order valence-electron chi connectivity index (χ1n) is 18.0. The van der Waals surface area contributed by atoms with E-state index in [4.69, 9.17) is 4.74 Å². The van der Waals surface area contributed by atoms with Gasteiger partial charge in [-0.2, -0.15) is 0 Å². The molecule has 0 saturated carbocycles. The van der Waals surface area contributed by atoms with Crippen molar-refractivity contribution in [1.29, 1.82) is 0 Å². The van der Waals surface area contributed by atoms with E-state index in [-0.39, 0.29) is 35.3 Å². The van der Waals surface area contributed by atoms with Gasteiger partial charge in [0.25, 0.3) is 0 Å². The van der Waals surface area contributed by atoms with Crippen molar-refractivity contribution in [3.05, 3.63) is 144 Å². The Kier molecular flexibility index (Phi) is 12.8. The van der Waals surface area contributed by atoms with Gasteiger partial charge in [-0.1, -0.05) is 142 Å². The van der Waals surface area contributed by atoms with Gasteiger partial charge in [-0.15, -0.1) is 11.8 Å². The van der Waals surface area contributed by atoms with Gasteiger partial charge in [0.05, 0.1) is 16.8 Å². The molecule has 6 nitrogen and oxygen atoms in total. The maximum Gasteiger partial charge on any atom is 0.410 e. The van der Waals surface area contributed by atoms with Gasteiger partial charge in [0.1, 0.15) is 5.60 Å². The van der Waals surface area contributed by atoms with Crippen molar-refractivity contribution in [2.75, 3.05) is 19.6 Å². The van der Waals surface area contributed by atoms with Crippen molar-refractivity contribution >= 4 is 23.8 Å². The van der Waals surface area contributed by atoms with Gasteiger partial charge < -0.3 is 20.3 Å². The first-order chi connectivity index (χ1) is 24.1. The number of nitrogens with zero attached hydrogens (tertiary/aromatic N) is 1. The lowest BCUT2D eigenvalue weighted by atomic mass is 9.84. The van der Waals surface area contributed by atoms with Gasteiger partial charge in [-0.3, -0.25) is 4.79 Å². The molecule has 0 spiro atoms. The molecule has 264 valence electrons. The minimum absolute atomic E-state index is 0.0279. The Morgan fingerprint density at radius 3 is 1.80 bits per heavy atom. The highest BCUT2D eigenvalue weighted by atomic mass is 32.2. The van der Waals surface area contributed by atoms with Gasteiger partial charge in [-0.25, -0.2) is 4.79 Å². The van der Waals surface area contributed by atoms with Crippen molar-refractivity contribution in [2.45, 2.75) is 81.6 Å². The Hall–Kier alpha value is -4.07. The topological polar surface area (TPSA) is 70.7 Å². The predicted molar refractivity (Wildman–Crippen MR) is 206 cm³/mol. The fourth-order valence-corrected chi connectivity index (χ4v) is 8.67. The lowest BCUT2D eigenvalue weighted by Crippen LogP contribution is -2.52. The fraction of sp³-hybridized carbons (Fsp3) is 0.395. The van der Waals surface area contributed by atoms with Crippen molar-refractivity contribution in [1.82, 2.24) is 15.5 Å². The highest BCUT2D eigenvalue weighted by Gasteiger charge is 2.45. The summed E-state index contributed by atoms with van der Waals surface area (Å²) < 4.78 is 5.42. The summed E-state index contributed by atoms with van der Waals surface area (Å²) in [5, 5.41) is 6.86. The van der Waals surface area contributed by atoms with Crippen LogP contribution in [-0.2, 0) is 20.7 Å². The average Bonchev–Trinajstić information content (AvgIpc) is 3.54. The van der Waals surface area contributed by atoms with E-state index in [0.717, 1.165) is 12.8 Å². The van der Waals surface area contributed by atoms with Gasteiger partial charge in [-0.05, 0) is 68.3 Å². The number of nitrogens with one attached hydrogen (secondary N) is 2. The van der Waals surface area contributed by atoms with E-state index in [2.05, 4.69) is 128 Å². The number of ether oxygens (including phenoxy) is 1. The van der Waals surface area contributed by atoms with Crippen LogP contribution in [0.15, 0.2) is 121 Å². The molecule has 1 saturated heterocycles. The normalized spacial score (nSPS) is 17.6. The molecule has 1 heterocycles. The predicted octanol–water partition coefficient (Wildman–Crippen LogP) is 8.45. The molecule has 2 amide bonds. The number of thioether (sulfide) groups is 1. The van der Waals surface area contributed by atoms with Crippen LogP contribution in [0.25, 0.3) is 0 Å². The van der Waals surface area contributed by atoms with Gasteiger partial charge in [0.15, 0.2) is 0 Å². The van der Waals surface area contributed by atoms with Crippen LogP contribution in [0.1, 0.15) is 69.7 Å². The van der Waals surface area contributed by atoms with Crippen LogP contribution in [0.3, 0.4) is 0 Å². The zero-order valence-corrected chi connectivity index (χ0v) is 31.0. The molecule has 1 fully saturated rings. The Bertz CT molecular complexity index is 1530. The zero-order chi connectivity index (χ0) is 35.6. The molecule has 2 N–H and O–H groups in total. The molecule has 7 heteroatoms. The Morgan fingerprint density at radius 1 is 0.820 bits per heavy atom. The highest BCUT2D eigenvalue weighted by molar-refractivity contribution is 8.01. The minimum Gasteiger partial charge on any atom is -0.444 e. The summed E-state index contributed by atoms with van der Waals surface area (Å²) in [4.78, 5) is 29.4. The summed E-state index contributed by atoms with van der Waals surface area (Å²) >= 11 is 1.89. The van der Waals surface area contributed by atoms with E-state index in [0.29, 0.717) is 26.1 Å². The third-order valence-electron chi connectivity index (χ3n) is 9.52. The van der Waals surface area contributed by atoms with Gasteiger partial charge >= 0.3 is 6.09 Å². The van der Waals surface area contributed by atoms with E-state index in [1.165, 1.54) is 22.3 Å². The lowest BCUT2D eigenvalue weighted by Gasteiger charge is -2.37. The third-order valence-corrected chi connectivity index (χ3v) is 11.3. The van der Waals surface area contributed by atoms with Crippen LogP contribution in [0.4, 0.5) is 4.79 Å². The van der Waals surface area contributed by atoms with Crippen LogP contribution in [0.2, 0.25) is 0 Å². The van der Waals surface area contributed by atoms with Crippen molar-refractivity contribution < 1.29 is 14.3 Å². The van der Waals surface area contributed by atoms with E-state index >= 15 is 0 Å². The molecule has 50 heavy (non-hydrogen) atoms. The van der Waals surface area contributed by atoms with Crippen LogP contribution in [-0.4, -0.2) is 59.5 Å². The zero-order valence-electron chi connectivity index (χ0n) is 30.2. The SMILES string of the molecule is CC[C@H](C)[C@H](NCCc1ccccc1)C(=O)NCC1CC(SC(c2ccccc2)(c2ccccc2)c2ccccc2)CN1C(=O)OC(C)(C)C. The van der Waals surface area contributed by atoms with Crippen LogP contribution in [0, 0.1) is 5.92 Å². The first kappa shape index (κ1) is 37.2. The van der Waals surface area contributed by atoms with E-state index in [1.54, 1.807) is 0 Å². The largest absolute Gasteiger partial charge is 0.444 e. The fourth-order valence-electron chi connectivity index (χ4n) is 6.80. The summed E-state index contributed by atoms with van der Waals surface area (Å²) in [6.07, 6.45) is 2.10. The van der Waals surface area contributed by atoms with Crippen molar-refractivity contribution in [3.63, 3.8) is 0 Å². The van der Waals surface area contributed by atoms with E-state index < -0.39 is 10.3 Å². The molecule has 0 bridgehead atoms. The summed E-state index contributed by atoms with van der Waals surface area (Å²) in [5.74, 6) is 0.128. The molecule has 4 aromatic rings. The Labute approximate surface area is 303 Å². The molecule has 2 unspecified atom stereocenters. The second kappa shape index (κ2) is 17.2. The standard InChI is InChI=1S/C43H53N3O3S/c1-6-32(2)39(44-28-27-33-19-11-7-12-20-33)40(47)45-30-37-29-38(31-46(37)41(48)49-42(3,4)5)50-43(34-21-13-8-14-22-34,35-23-15-9-16-24-35)36-25-17-10-18-26-36/h7-26,32,37-39,44H,6,27-31H2,1-5H3,(H,45,47)/t32-,37?,38?,39-/m0/s1. The molecular formula is C43H53N3O3S. The smallest absolute Gasteiger partial charge is 0.410 e. The van der Waals surface area contributed by atoms with Crippen molar-refractivity contribution in [2.24, 2.45) is 5.92 Å². The maximum atomic E-state index is 13.8. The lowest BCUT2D eigenvalue weighted by molar-refractivity contribution is -0.124. The summed E-state index contributed by atoms with van der Waals surface area (Å²) in [7, 11) is 0. The highest BCUT2D eigenvalue weighted by Crippen LogP contribution is 2.52. The number of benzene rings is 4. The number of hydrogen-bond donors (Lipinski definition) is 2. The third kappa shape index (κ3) is 9.37. The summed E-state index contributed by atoms with van der Waals surface area (Å²) in [6, 6.07) is 41.7. The molecule has 0 aromatic heterocycles. The van der Waals surface area contributed by atoms with E-state index in [9.17, 15) is 9.59 Å². The minimum atomic E-state index is -0.637. The van der Waals surface area contributed by atoms with Crippen LogP contribution >= 0.6 is 11.8 Å². The quantitative estimate of drug-likeness (QED) is 0.130. The van der Waals surface area contributed by atoms with Gasteiger partial charge in [0.2, 0.25) is 5.91 Å². The molecule has 1 aliphatic rings. The van der Waals surface area contributed by atoms with Crippen LogP contribution < -0.4 is 10.6 Å². The first-order valence-corrected chi connectivity index (χ1v) is 18.9. The molecule has 0 radical (unpaired) electrons. The second-order valence-corrected chi connectivity index (χ2v) is 15.9. The molecule has 1 aliphatic heterocycles. The molecule has 4 aromatic carbocycles. The molecule has 0 aliphatic carbocycles. The molecular weight excluding hydrogens is 639 g/mol. The van der Waals surface area contributed by atoms with Gasteiger partial charge in [0, 0.05) is 18.3 Å². The number of rotatable bonds is 14.